The predicted molar refractivity (Wildman–Crippen MR) is 73.2 cm³/mol. The Balaban J connectivity index is 2.19. The van der Waals surface area contributed by atoms with Crippen LogP contribution in [0.5, 0.6) is 0 Å². The highest BCUT2D eigenvalue weighted by Crippen LogP contribution is 2.26. The molecule has 90 valence electrons. The highest BCUT2D eigenvalue weighted by atomic mass is 79.9. The second-order valence-corrected chi connectivity index (χ2v) is 4.37. The minimum absolute atomic E-state index is 0.383. The summed E-state index contributed by atoms with van der Waals surface area (Å²) in [6.45, 7) is 0. The average molecular weight is 304 g/mol. The van der Waals surface area contributed by atoms with Crippen molar-refractivity contribution in [2.45, 2.75) is 6.42 Å². The number of hydrogen-bond donors (Lipinski definition) is 2. The molecule has 0 fully saturated rings. The summed E-state index contributed by atoms with van der Waals surface area (Å²) >= 11 is 3.32. The molecule has 0 radical (unpaired) electrons. The van der Waals surface area contributed by atoms with Crippen LogP contribution in [-0.4, -0.2) is 9.97 Å². The molecule has 1 heterocycles. The molecule has 18 heavy (non-hydrogen) atoms. The third-order valence-corrected chi connectivity index (χ3v) is 3.10. The Bertz CT molecular complexity index is 588. The second kappa shape index (κ2) is 5.47. The van der Waals surface area contributed by atoms with Gasteiger partial charge in [0.2, 0.25) is 0 Å². The molecule has 0 amide bonds. The van der Waals surface area contributed by atoms with Gasteiger partial charge in [-0.3, -0.25) is 0 Å². The van der Waals surface area contributed by atoms with Crippen molar-refractivity contribution < 1.29 is 0 Å². The zero-order valence-electron chi connectivity index (χ0n) is 9.39. The van der Waals surface area contributed by atoms with Gasteiger partial charge in [0.15, 0.2) is 0 Å². The molecule has 3 N–H and O–H groups in total. The molecular weight excluding hydrogens is 294 g/mol. The SMILES string of the molecule is N#CCc1ccc(Nc2ncnc(N)c2Br)cc1. The number of hydrogen-bond acceptors (Lipinski definition) is 5. The number of rotatable bonds is 3. The molecule has 0 aliphatic heterocycles. The molecule has 1 aromatic heterocycles. The first-order chi connectivity index (χ1) is 8.70. The van der Waals surface area contributed by atoms with E-state index in [-0.39, 0.29) is 0 Å². The van der Waals surface area contributed by atoms with Crippen LogP contribution in [0.4, 0.5) is 17.3 Å². The third kappa shape index (κ3) is 2.76. The number of nitrogens with one attached hydrogen (secondary N) is 1. The van der Waals surface area contributed by atoms with Crippen molar-refractivity contribution in [3.8, 4) is 6.07 Å². The van der Waals surface area contributed by atoms with Crippen LogP contribution in [0, 0.1) is 11.3 Å². The molecular formula is C12H10BrN5. The Morgan fingerprint density at radius 3 is 2.67 bits per heavy atom. The first-order valence-corrected chi connectivity index (χ1v) is 5.99. The molecule has 0 saturated carbocycles. The Kier molecular flexibility index (Phi) is 3.75. The number of nitrogens with zero attached hydrogens (tertiary/aromatic N) is 3. The van der Waals surface area contributed by atoms with E-state index in [1.165, 1.54) is 6.33 Å². The molecule has 0 bridgehead atoms. The second-order valence-electron chi connectivity index (χ2n) is 3.58. The van der Waals surface area contributed by atoms with E-state index in [4.69, 9.17) is 11.0 Å². The van der Waals surface area contributed by atoms with Crippen LogP contribution in [0.15, 0.2) is 35.1 Å². The number of anilines is 3. The molecule has 0 aliphatic rings. The van der Waals surface area contributed by atoms with Crippen LogP contribution < -0.4 is 11.1 Å². The maximum atomic E-state index is 8.59. The van der Waals surface area contributed by atoms with Gasteiger partial charge in [0.05, 0.1) is 12.5 Å². The van der Waals surface area contributed by atoms with E-state index in [2.05, 4.69) is 37.3 Å². The normalized spacial score (nSPS) is 9.78. The Hall–Kier alpha value is -2.13. The van der Waals surface area contributed by atoms with Gasteiger partial charge in [-0.1, -0.05) is 12.1 Å². The number of nitrogen functional groups attached to an aromatic ring is 1. The van der Waals surface area contributed by atoms with Gasteiger partial charge in [0.25, 0.3) is 0 Å². The third-order valence-electron chi connectivity index (χ3n) is 2.32. The average Bonchev–Trinajstić information content (AvgIpc) is 2.38. The quantitative estimate of drug-likeness (QED) is 0.910. The minimum atomic E-state index is 0.383. The zero-order valence-corrected chi connectivity index (χ0v) is 11.0. The minimum Gasteiger partial charge on any atom is -0.383 e. The largest absolute Gasteiger partial charge is 0.383 e. The van der Waals surface area contributed by atoms with Crippen LogP contribution in [0.25, 0.3) is 0 Å². The van der Waals surface area contributed by atoms with Crippen molar-refractivity contribution in [3.63, 3.8) is 0 Å². The molecule has 0 spiro atoms. The lowest BCUT2D eigenvalue weighted by atomic mass is 10.1. The van der Waals surface area contributed by atoms with Gasteiger partial charge < -0.3 is 11.1 Å². The fourth-order valence-corrected chi connectivity index (χ4v) is 1.71. The molecule has 1 aromatic carbocycles. The van der Waals surface area contributed by atoms with E-state index in [0.29, 0.717) is 22.5 Å². The van der Waals surface area contributed by atoms with Gasteiger partial charge in [-0.2, -0.15) is 5.26 Å². The van der Waals surface area contributed by atoms with Crippen molar-refractivity contribution in [2.75, 3.05) is 11.1 Å². The predicted octanol–water partition coefficient (Wildman–Crippen LogP) is 2.63. The summed E-state index contributed by atoms with van der Waals surface area (Å²) in [6, 6.07) is 9.66. The summed E-state index contributed by atoms with van der Waals surface area (Å²) in [7, 11) is 0. The molecule has 0 aliphatic carbocycles. The zero-order chi connectivity index (χ0) is 13.0. The molecule has 0 atom stereocenters. The smallest absolute Gasteiger partial charge is 0.150 e. The fraction of sp³-hybridized carbons (Fsp3) is 0.0833. The summed E-state index contributed by atoms with van der Waals surface area (Å²) in [5.41, 5.74) is 7.51. The molecule has 6 heteroatoms. The molecule has 0 unspecified atom stereocenters. The van der Waals surface area contributed by atoms with Crippen LogP contribution in [0.1, 0.15) is 5.56 Å². The van der Waals surface area contributed by atoms with Crippen LogP contribution in [-0.2, 0) is 6.42 Å². The maximum absolute atomic E-state index is 8.59. The monoisotopic (exact) mass is 303 g/mol. The molecule has 0 saturated heterocycles. The lowest BCUT2D eigenvalue weighted by molar-refractivity contribution is 1.16. The number of benzene rings is 1. The fourth-order valence-electron chi connectivity index (χ4n) is 1.40. The number of aromatic nitrogens is 2. The van der Waals surface area contributed by atoms with E-state index >= 15 is 0 Å². The Morgan fingerprint density at radius 2 is 2.00 bits per heavy atom. The molecule has 2 aromatic rings. The lowest BCUT2D eigenvalue weighted by Gasteiger charge is -2.08. The maximum Gasteiger partial charge on any atom is 0.150 e. The summed E-state index contributed by atoms with van der Waals surface area (Å²) in [4.78, 5) is 7.95. The topological polar surface area (TPSA) is 87.6 Å². The van der Waals surface area contributed by atoms with Gasteiger partial charge in [-0.25, -0.2) is 9.97 Å². The standard InChI is InChI=1S/C12H10BrN5/c13-10-11(15)16-7-17-12(10)18-9-3-1-8(2-4-9)5-6-14/h1-4,7H,5H2,(H3,15,16,17,18). The van der Waals surface area contributed by atoms with Gasteiger partial charge in [0.1, 0.15) is 22.4 Å². The summed E-state index contributed by atoms with van der Waals surface area (Å²) in [6.07, 6.45) is 1.80. The van der Waals surface area contributed by atoms with E-state index in [9.17, 15) is 0 Å². The molecule has 2 rings (SSSR count). The number of halogens is 1. The lowest BCUT2D eigenvalue weighted by Crippen LogP contribution is -1.99. The first kappa shape index (κ1) is 12.3. The highest BCUT2D eigenvalue weighted by Gasteiger charge is 2.05. The van der Waals surface area contributed by atoms with Gasteiger partial charge >= 0.3 is 0 Å². The van der Waals surface area contributed by atoms with E-state index in [1.807, 2.05) is 24.3 Å². The van der Waals surface area contributed by atoms with Crippen molar-refractivity contribution in [1.82, 2.24) is 9.97 Å². The van der Waals surface area contributed by atoms with E-state index in [0.717, 1.165) is 11.3 Å². The molecule has 5 nitrogen and oxygen atoms in total. The van der Waals surface area contributed by atoms with E-state index < -0.39 is 0 Å². The number of nitrogens with two attached hydrogens (primary N) is 1. The number of nitriles is 1. The van der Waals surface area contributed by atoms with Crippen molar-refractivity contribution >= 4 is 33.3 Å². The summed E-state index contributed by atoms with van der Waals surface area (Å²) < 4.78 is 0.631. The summed E-state index contributed by atoms with van der Waals surface area (Å²) in [5, 5.41) is 11.7. The first-order valence-electron chi connectivity index (χ1n) is 5.19. The van der Waals surface area contributed by atoms with Gasteiger partial charge in [-0.05, 0) is 33.6 Å². The van der Waals surface area contributed by atoms with Crippen molar-refractivity contribution in [1.29, 1.82) is 5.26 Å². The van der Waals surface area contributed by atoms with Crippen molar-refractivity contribution in [3.05, 3.63) is 40.6 Å². The van der Waals surface area contributed by atoms with Crippen LogP contribution in [0.2, 0.25) is 0 Å². The van der Waals surface area contributed by atoms with Crippen molar-refractivity contribution in [2.24, 2.45) is 0 Å². The Labute approximate surface area is 113 Å². The highest BCUT2D eigenvalue weighted by molar-refractivity contribution is 9.10. The summed E-state index contributed by atoms with van der Waals surface area (Å²) in [5.74, 6) is 0.990. The Morgan fingerprint density at radius 1 is 1.28 bits per heavy atom. The van der Waals surface area contributed by atoms with Gasteiger partial charge in [-0.15, -0.1) is 0 Å². The van der Waals surface area contributed by atoms with Gasteiger partial charge in [0, 0.05) is 5.69 Å². The van der Waals surface area contributed by atoms with Crippen LogP contribution >= 0.6 is 15.9 Å². The van der Waals surface area contributed by atoms with E-state index in [1.54, 1.807) is 0 Å². The van der Waals surface area contributed by atoms with Crippen LogP contribution in [0.3, 0.4) is 0 Å².